The molecule has 4 atom stereocenters. The van der Waals surface area contributed by atoms with Crippen molar-refractivity contribution in [2.75, 3.05) is 54.9 Å². The van der Waals surface area contributed by atoms with Gasteiger partial charge in [0.1, 0.15) is 24.7 Å². The van der Waals surface area contributed by atoms with E-state index in [9.17, 15) is 5.11 Å². The smallest absolute Gasteiger partial charge is 0.130 e. The highest BCUT2D eigenvalue weighted by Crippen LogP contribution is 2.41. The molecule has 0 saturated heterocycles. The number of methoxy groups -OCH3 is 4. The second kappa shape index (κ2) is 16.2. The zero-order valence-electron chi connectivity index (χ0n) is 28.7. The molecule has 2 aliphatic rings. The lowest BCUT2D eigenvalue weighted by molar-refractivity contribution is 0.0776. The zero-order chi connectivity index (χ0) is 32.5. The Hall–Kier alpha value is -2.42. The van der Waals surface area contributed by atoms with Gasteiger partial charge >= 0.3 is 0 Å². The Morgan fingerprint density at radius 1 is 0.864 bits per heavy atom. The zero-order valence-corrected chi connectivity index (χ0v) is 28.7. The topological polar surface area (TPSA) is 75.6 Å². The van der Waals surface area contributed by atoms with Gasteiger partial charge in [-0.1, -0.05) is 59.8 Å². The first-order valence-electron chi connectivity index (χ1n) is 15.7. The Morgan fingerprint density at radius 3 is 2.00 bits per heavy atom. The van der Waals surface area contributed by atoms with Crippen molar-refractivity contribution >= 4 is 0 Å². The van der Waals surface area contributed by atoms with E-state index in [2.05, 4.69) is 84.1 Å². The van der Waals surface area contributed by atoms with E-state index in [0.717, 1.165) is 45.8 Å². The Bertz CT molecular complexity index is 1170. The van der Waals surface area contributed by atoms with E-state index in [1.54, 1.807) is 28.4 Å². The van der Waals surface area contributed by atoms with Gasteiger partial charge in [-0.2, -0.15) is 0 Å². The lowest BCUT2D eigenvalue weighted by atomic mass is 9.72. The van der Waals surface area contributed by atoms with E-state index >= 15 is 0 Å². The second-order valence-corrected chi connectivity index (χ2v) is 13.7. The molecule has 0 fully saturated rings. The van der Waals surface area contributed by atoms with E-state index in [-0.39, 0.29) is 16.7 Å². The summed E-state index contributed by atoms with van der Waals surface area (Å²) in [6.07, 6.45) is 11.1. The minimum absolute atomic E-state index is 0.161. The first-order chi connectivity index (χ1) is 20.9. The molecule has 1 aromatic carbocycles. The third-order valence-electron chi connectivity index (χ3n) is 9.18. The Labute approximate surface area is 265 Å². The van der Waals surface area contributed by atoms with Gasteiger partial charge in [-0.05, 0) is 64.7 Å². The quantitative estimate of drug-likeness (QED) is 0.203. The third-order valence-corrected chi connectivity index (χ3v) is 9.18. The standard InChI is InChI=1S/C37H56O7/c1-25(36(2,3)4)26-11-13-33(14-12-26)43-15-16-44-35-29(23-41-9)19-32(20-30(35)24-42-10)37(5,6)31-17-27(21-39-7)34(38)28(18-31)22-40-8/h11,13-14,17-20,25-27,34,38H,12,15-16,21-24H2,1-10H3. The van der Waals surface area contributed by atoms with Crippen LogP contribution in [-0.2, 0) is 42.3 Å². The highest BCUT2D eigenvalue weighted by atomic mass is 16.5. The molecule has 7 nitrogen and oxygen atoms in total. The van der Waals surface area contributed by atoms with Crippen molar-refractivity contribution in [1.82, 2.24) is 0 Å². The monoisotopic (exact) mass is 612 g/mol. The van der Waals surface area contributed by atoms with E-state index in [1.165, 1.54) is 0 Å². The van der Waals surface area contributed by atoms with Gasteiger partial charge in [0, 0.05) is 50.9 Å². The van der Waals surface area contributed by atoms with Crippen LogP contribution in [0.5, 0.6) is 5.75 Å². The average molecular weight is 613 g/mol. The van der Waals surface area contributed by atoms with Gasteiger partial charge in [-0.15, -0.1) is 0 Å². The fraction of sp³-hybridized carbons (Fsp3) is 0.622. The summed E-state index contributed by atoms with van der Waals surface area (Å²) in [5, 5.41) is 10.9. The summed E-state index contributed by atoms with van der Waals surface area (Å²) >= 11 is 0. The number of ether oxygens (including phenoxy) is 6. The van der Waals surface area contributed by atoms with Gasteiger partial charge in [-0.25, -0.2) is 0 Å². The van der Waals surface area contributed by atoms with E-state index in [4.69, 9.17) is 28.4 Å². The third kappa shape index (κ3) is 9.07. The van der Waals surface area contributed by atoms with Crippen LogP contribution in [0.15, 0.2) is 59.4 Å². The van der Waals surface area contributed by atoms with Crippen LogP contribution in [0.3, 0.4) is 0 Å². The highest BCUT2D eigenvalue weighted by molar-refractivity contribution is 5.51. The number of benzene rings is 1. The molecule has 2 aliphatic carbocycles. The maximum atomic E-state index is 10.9. The molecule has 44 heavy (non-hydrogen) atoms. The maximum Gasteiger partial charge on any atom is 0.130 e. The minimum Gasteiger partial charge on any atom is -0.490 e. The Kier molecular flexibility index (Phi) is 13.3. The molecule has 246 valence electrons. The molecule has 0 radical (unpaired) electrons. The van der Waals surface area contributed by atoms with Gasteiger partial charge < -0.3 is 33.5 Å². The van der Waals surface area contributed by atoms with E-state index in [0.29, 0.717) is 51.5 Å². The molecule has 0 amide bonds. The van der Waals surface area contributed by atoms with Crippen molar-refractivity contribution in [3.63, 3.8) is 0 Å². The summed E-state index contributed by atoms with van der Waals surface area (Å²) in [5.41, 5.74) is 4.82. The molecule has 0 aromatic heterocycles. The van der Waals surface area contributed by atoms with Crippen LogP contribution < -0.4 is 4.74 Å². The molecular formula is C37H56O7. The minimum atomic E-state index is -0.645. The van der Waals surface area contributed by atoms with Crippen LogP contribution in [0.4, 0.5) is 0 Å². The number of hydrogen-bond donors (Lipinski definition) is 1. The summed E-state index contributed by atoms with van der Waals surface area (Å²) in [7, 11) is 6.68. The van der Waals surface area contributed by atoms with Crippen LogP contribution in [0, 0.1) is 23.2 Å². The normalized spacial score (nSPS) is 21.4. The molecule has 1 aromatic rings. The van der Waals surface area contributed by atoms with Crippen molar-refractivity contribution < 1.29 is 33.5 Å². The van der Waals surface area contributed by atoms with Gasteiger partial charge in [0.05, 0.1) is 32.5 Å². The molecule has 0 aliphatic heterocycles. The van der Waals surface area contributed by atoms with Gasteiger partial charge in [0.15, 0.2) is 0 Å². The summed E-state index contributed by atoms with van der Waals surface area (Å²) in [6, 6.07) is 4.31. The predicted molar refractivity (Wildman–Crippen MR) is 176 cm³/mol. The van der Waals surface area contributed by atoms with Crippen LogP contribution in [-0.4, -0.2) is 66.1 Å². The number of rotatable bonds is 16. The summed E-state index contributed by atoms with van der Waals surface area (Å²) in [5.74, 6) is 2.62. The summed E-state index contributed by atoms with van der Waals surface area (Å²) in [6.45, 7) is 16.0. The fourth-order valence-corrected chi connectivity index (χ4v) is 5.98. The van der Waals surface area contributed by atoms with Crippen molar-refractivity contribution in [1.29, 1.82) is 0 Å². The van der Waals surface area contributed by atoms with Gasteiger partial charge in [0.25, 0.3) is 0 Å². The van der Waals surface area contributed by atoms with Crippen LogP contribution in [0.1, 0.15) is 64.7 Å². The molecule has 3 rings (SSSR count). The molecule has 0 spiro atoms. The first kappa shape index (κ1) is 36.1. The molecule has 4 unspecified atom stereocenters. The van der Waals surface area contributed by atoms with Gasteiger partial charge in [-0.3, -0.25) is 0 Å². The Balaban J connectivity index is 1.80. The second-order valence-electron chi connectivity index (χ2n) is 13.7. The molecule has 0 bridgehead atoms. The number of allylic oxidation sites excluding steroid dienone is 5. The van der Waals surface area contributed by atoms with Gasteiger partial charge in [0.2, 0.25) is 0 Å². The number of hydrogen-bond acceptors (Lipinski definition) is 7. The fourth-order valence-electron chi connectivity index (χ4n) is 5.98. The molecule has 0 heterocycles. The predicted octanol–water partition coefficient (Wildman–Crippen LogP) is 6.93. The van der Waals surface area contributed by atoms with Crippen molar-refractivity contribution in [3.05, 3.63) is 76.1 Å². The average Bonchev–Trinajstić information content (AvgIpc) is 2.98. The molecule has 1 N–H and O–H groups in total. The Morgan fingerprint density at radius 2 is 1.48 bits per heavy atom. The summed E-state index contributed by atoms with van der Waals surface area (Å²) in [4.78, 5) is 0. The summed E-state index contributed by atoms with van der Waals surface area (Å²) < 4.78 is 34.5. The SMILES string of the molecule is COCC1=CC(C(C)(C)c2cc(COC)c(OCCOC3=CCC(C(C)C(C)(C)C)C=C3)c(COC)c2)=CC(COC)C1O. The number of aliphatic hydroxyl groups is 1. The van der Waals surface area contributed by atoms with E-state index < -0.39 is 6.10 Å². The van der Waals surface area contributed by atoms with Crippen molar-refractivity contribution in [3.8, 4) is 5.75 Å². The van der Waals surface area contributed by atoms with Crippen LogP contribution >= 0.6 is 0 Å². The van der Waals surface area contributed by atoms with Crippen LogP contribution in [0.2, 0.25) is 0 Å². The molecule has 7 heteroatoms. The maximum absolute atomic E-state index is 10.9. The lowest BCUT2D eigenvalue weighted by Gasteiger charge is -2.35. The molecular weight excluding hydrogens is 556 g/mol. The van der Waals surface area contributed by atoms with Crippen LogP contribution in [0.25, 0.3) is 0 Å². The van der Waals surface area contributed by atoms with Crippen molar-refractivity contribution in [2.24, 2.45) is 23.2 Å². The molecule has 0 saturated carbocycles. The first-order valence-corrected chi connectivity index (χ1v) is 15.7. The highest BCUT2D eigenvalue weighted by Gasteiger charge is 2.34. The lowest BCUT2D eigenvalue weighted by Crippen LogP contribution is -2.33. The van der Waals surface area contributed by atoms with Crippen molar-refractivity contribution in [2.45, 2.75) is 72.7 Å². The van der Waals surface area contributed by atoms with E-state index in [1.807, 2.05) is 0 Å². The number of aliphatic hydroxyl groups excluding tert-OH is 1. The largest absolute Gasteiger partial charge is 0.490 e.